The van der Waals surface area contributed by atoms with Crippen molar-refractivity contribution < 1.29 is 24.2 Å². The first-order valence-corrected chi connectivity index (χ1v) is 12.7. The van der Waals surface area contributed by atoms with Crippen molar-refractivity contribution in [3.8, 4) is 11.1 Å². The van der Waals surface area contributed by atoms with Gasteiger partial charge in [0.05, 0.1) is 5.92 Å². The van der Waals surface area contributed by atoms with Crippen LogP contribution in [-0.2, 0) is 14.3 Å². The number of unbranched alkanes of at least 4 members (excludes halogenated alkanes) is 3. The van der Waals surface area contributed by atoms with Crippen molar-refractivity contribution in [3.05, 3.63) is 59.7 Å². The Bertz CT molecular complexity index is 1010. The van der Waals surface area contributed by atoms with Crippen LogP contribution in [0.25, 0.3) is 11.1 Å². The number of rotatable bonds is 11. The number of alkyl carbamates (subject to hydrolysis) is 1. The molecule has 0 radical (unpaired) electrons. The van der Waals surface area contributed by atoms with Crippen LogP contribution in [0.4, 0.5) is 4.79 Å². The highest BCUT2D eigenvalue weighted by molar-refractivity contribution is 5.81. The molecule has 35 heavy (non-hydrogen) atoms. The SMILES string of the molecule is O=C(O)CCCCCCNC(=O)[C@H]1CCC[C@H]1NC(=O)OCC1c2ccccc2-c2ccccc21. The highest BCUT2D eigenvalue weighted by Gasteiger charge is 2.35. The Morgan fingerprint density at radius 2 is 1.54 bits per heavy atom. The van der Waals surface area contributed by atoms with Gasteiger partial charge in [0.15, 0.2) is 0 Å². The van der Waals surface area contributed by atoms with E-state index < -0.39 is 12.1 Å². The smallest absolute Gasteiger partial charge is 0.407 e. The second-order valence-corrected chi connectivity index (χ2v) is 9.46. The minimum absolute atomic E-state index is 0.00585. The van der Waals surface area contributed by atoms with Crippen LogP contribution < -0.4 is 10.6 Å². The van der Waals surface area contributed by atoms with Gasteiger partial charge in [-0.25, -0.2) is 4.79 Å². The monoisotopic (exact) mass is 478 g/mol. The van der Waals surface area contributed by atoms with Crippen molar-refractivity contribution in [2.75, 3.05) is 13.2 Å². The molecule has 2 aliphatic rings. The molecule has 0 heterocycles. The lowest BCUT2D eigenvalue weighted by Crippen LogP contribution is -2.44. The van der Waals surface area contributed by atoms with Crippen LogP contribution in [0.5, 0.6) is 0 Å². The topological polar surface area (TPSA) is 105 Å². The van der Waals surface area contributed by atoms with Gasteiger partial charge in [0.25, 0.3) is 0 Å². The fraction of sp³-hybridized carbons (Fsp3) is 0.464. The Morgan fingerprint density at radius 3 is 2.23 bits per heavy atom. The molecule has 2 aromatic carbocycles. The van der Waals surface area contributed by atoms with E-state index in [1.807, 2.05) is 24.3 Å². The van der Waals surface area contributed by atoms with Gasteiger partial charge in [-0.3, -0.25) is 9.59 Å². The molecule has 7 heteroatoms. The standard InChI is InChI=1S/C28H34N2O5/c31-26(32)16-3-1-2-8-17-29-27(33)23-14-9-15-25(23)30-28(34)35-18-24-21-12-6-4-10-19(21)20-11-5-7-13-22(20)24/h4-7,10-13,23-25H,1-3,8-9,14-18H2,(H,29,33)(H,30,34)(H,31,32)/t23-,25+/m0/s1. The molecule has 2 amide bonds. The summed E-state index contributed by atoms with van der Waals surface area (Å²) < 4.78 is 5.66. The third-order valence-corrected chi connectivity index (χ3v) is 7.12. The Labute approximate surface area is 206 Å². The van der Waals surface area contributed by atoms with E-state index >= 15 is 0 Å². The number of hydrogen-bond donors (Lipinski definition) is 3. The Morgan fingerprint density at radius 1 is 0.886 bits per heavy atom. The average molecular weight is 479 g/mol. The lowest BCUT2D eigenvalue weighted by Gasteiger charge is -2.21. The first-order chi connectivity index (χ1) is 17.0. The molecule has 2 aliphatic carbocycles. The van der Waals surface area contributed by atoms with E-state index in [2.05, 4.69) is 34.9 Å². The van der Waals surface area contributed by atoms with Gasteiger partial charge < -0.3 is 20.5 Å². The molecule has 0 unspecified atom stereocenters. The van der Waals surface area contributed by atoms with E-state index in [1.54, 1.807) is 0 Å². The number of aliphatic carboxylic acids is 1. The van der Waals surface area contributed by atoms with Crippen LogP contribution in [0.2, 0.25) is 0 Å². The Hall–Kier alpha value is -3.35. The molecule has 4 rings (SSSR count). The van der Waals surface area contributed by atoms with Crippen molar-refractivity contribution in [2.24, 2.45) is 5.92 Å². The number of carboxylic acid groups (broad SMARTS) is 1. The van der Waals surface area contributed by atoms with Crippen LogP contribution in [0.15, 0.2) is 48.5 Å². The molecule has 0 aromatic heterocycles. The summed E-state index contributed by atoms with van der Waals surface area (Å²) in [4.78, 5) is 35.9. The number of hydrogen-bond acceptors (Lipinski definition) is 4. The quantitative estimate of drug-likeness (QED) is 0.401. The normalized spacial score (nSPS) is 18.5. The van der Waals surface area contributed by atoms with Crippen LogP contribution >= 0.6 is 0 Å². The van der Waals surface area contributed by atoms with Gasteiger partial charge in [0.1, 0.15) is 6.61 Å². The van der Waals surface area contributed by atoms with Crippen molar-refractivity contribution >= 4 is 18.0 Å². The second-order valence-electron chi connectivity index (χ2n) is 9.46. The molecular weight excluding hydrogens is 444 g/mol. The molecule has 0 aliphatic heterocycles. The van der Waals surface area contributed by atoms with Crippen LogP contribution in [-0.4, -0.2) is 42.3 Å². The minimum Gasteiger partial charge on any atom is -0.481 e. The van der Waals surface area contributed by atoms with Gasteiger partial charge in [-0.15, -0.1) is 0 Å². The molecule has 1 fully saturated rings. The lowest BCUT2D eigenvalue weighted by molar-refractivity contribution is -0.137. The molecule has 2 aromatic rings. The first-order valence-electron chi connectivity index (χ1n) is 12.7. The van der Waals surface area contributed by atoms with E-state index in [-0.39, 0.29) is 36.8 Å². The molecule has 2 atom stereocenters. The van der Waals surface area contributed by atoms with E-state index in [4.69, 9.17) is 9.84 Å². The Balaban J connectivity index is 1.22. The largest absolute Gasteiger partial charge is 0.481 e. The summed E-state index contributed by atoms with van der Waals surface area (Å²) in [6, 6.07) is 16.2. The highest BCUT2D eigenvalue weighted by Crippen LogP contribution is 2.44. The highest BCUT2D eigenvalue weighted by atomic mass is 16.5. The molecule has 186 valence electrons. The number of carboxylic acids is 1. The fourth-order valence-corrected chi connectivity index (χ4v) is 5.34. The summed E-state index contributed by atoms with van der Waals surface area (Å²) >= 11 is 0. The molecule has 1 saturated carbocycles. The summed E-state index contributed by atoms with van der Waals surface area (Å²) in [7, 11) is 0. The maximum Gasteiger partial charge on any atom is 0.407 e. The second kappa shape index (κ2) is 11.9. The molecule has 0 spiro atoms. The number of carbonyl (C=O) groups is 3. The third kappa shape index (κ3) is 6.21. The van der Waals surface area contributed by atoms with E-state index in [0.29, 0.717) is 13.0 Å². The fourth-order valence-electron chi connectivity index (χ4n) is 5.34. The predicted octanol–water partition coefficient (Wildman–Crippen LogP) is 4.85. The predicted molar refractivity (Wildman–Crippen MR) is 133 cm³/mol. The van der Waals surface area contributed by atoms with Crippen LogP contribution in [0.3, 0.4) is 0 Å². The minimum atomic E-state index is -0.769. The van der Waals surface area contributed by atoms with Gasteiger partial charge in [-0.1, -0.05) is 67.8 Å². The van der Waals surface area contributed by atoms with Crippen molar-refractivity contribution in [1.82, 2.24) is 10.6 Å². The van der Waals surface area contributed by atoms with Crippen LogP contribution in [0, 0.1) is 5.92 Å². The summed E-state index contributed by atoms with van der Waals surface area (Å²) in [5, 5.41) is 14.6. The molecule has 0 saturated heterocycles. The zero-order valence-electron chi connectivity index (χ0n) is 20.0. The number of fused-ring (bicyclic) bond motifs is 3. The van der Waals surface area contributed by atoms with Gasteiger partial charge >= 0.3 is 12.1 Å². The molecule has 0 bridgehead atoms. The summed E-state index contributed by atoms with van der Waals surface area (Å²) in [5.41, 5.74) is 4.71. The summed E-state index contributed by atoms with van der Waals surface area (Å²) in [6.45, 7) is 0.825. The van der Waals surface area contributed by atoms with E-state index in [9.17, 15) is 14.4 Å². The number of carbonyl (C=O) groups excluding carboxylic acids is 2. The van der Waals surface area contributed by atoms with Gasteiger partial charge in [-0.05, 0) is 47.9 Å². The first kappa shape index (κ1) is 24.8. The number of ether oxygens (including phenoxy) is 1. The van der Waals surface area contributed by atoms with Crippen molar-refractivity contribution in [1.29, 1.82) is 0 Å². The van der Waals surface area contributed by atoms with E-state index in [1.165, 1.54) is 22.3 Å². The number of benzene rings is 2. The molecule has 7 nitrogen and oxygen atoms in total. The molecule has 3 N–H and O–H groups in total. The van der Waals surface area contributed by atoms with Gasteiger partial charge in [0, 0.05) is 24.9 Å². The molecular formula is C28H34N2O5. The Kier molecular flexibility index (Phi) is 8.40. The number of nitrogens with one attached hydrogen (secondary N) is 2. The van der Waals surface area contributed by atoms with Gasteiger partial charge in [-0.2, -0.15) is 0 Å². The lowest BCUT2D eigenvalue weighted by atomic mass is 9.98. The van der Waals surface area contributed by atoms with Crippen molar-refractivity contribution in [2.45, 2.75) is 63.3 Å². The zero-order valence-corrected chi connectivity index (χ0v) is 20.0. The third-order valence-electron chi connectivity index (χ3n) is 7.12. The van der Waals surface area contributed by atoms with E-state index in [0.717, 1.165) is 38.5 Å². The summed E-state index contributed by atoms with van der Waals surface area (Å²) in [5.74, 6) is -1.04. The zero-order chi connectivity index (χ0) is 24.6. The maximum absolute atomic E-state index is 12.7. The van der Waals surface area contributed by atoms with Gasteiger partial charge in [0.2, 0.25) is 5.91 Å². The number of amides is 2. The van der Waals surface area contributed by atoms with Crippen LogP contribution in [0.1, 0.15) is 68.4 Å². The van der Waals surface area contributed by atoms with Crippen molar-refractivity contribution in [3.63, 3.8) is 0 Å². The maximum atomic E-state index is 12.7. The summed E-state index contributed by atoms with van der Waals surface area (Å²) in [6.07, 6.45) is 5.34. The average Bonchev–Trinajstić information content (AvgIpc) is 3.44.